The second-order valence-corrected chi connectivity index (χ2v) is 6.88. The summed E-state index contributed by atoms with van der Waals surface area (Å²) >= 11 is 5.07. The molecule has 0 radical (unpaired) electrons. The number of hydrogen-bond acceptors (Lipinski definition) is 4. The number of furan rings is 1. The van der Waals surface area contributed by atoms with E-state index in [1.807, 2.05) is 6.07 Å². The van der Waals surface area contributed by atoms with E-state index in [4.69, 9.17) is 4.42 Å². The zero-order valence-electron chi connectivity index (χ0n) is 10.8. The number of thiazole rings is 1. The maximum Gasteiger partial charge on any atom is 0.176 e. The molecule has 0 saturated carbocycles. The highest BCUT2D eigenvalue weighted by Gasteiger charge is 2.12. The number of hydrogen-bond donors (Lipinski definition) is 1. The van der Waals surface area contributed by atoms with Crippen LogP contribution in [0.15, 0.2) is 26.6 Å². The predicted molar refractivity (Wildman–Crippen MR) is 79.0 cm³/mol. The van der Waals surface area contributed by atoms with Crippen LogP contribution in [0.1, 0.15) is 26.5 Å². The van der Waals surface area contributed by atoms with Gasteiger partial charge in [0.1, 0.15) is 0 Å². The van der Waals surface area contributed by atoms with Crippen molar-refractivity contribution in [3.63, 3.8) is 0 Å². The van der Waals surface area contributed by atoms with Gasteiger partial charge in [0.05, 0.1) is 16.4 Å². The molecule has 3 nitrogen and oxygen atoms in total. The Kier molecular flexibility index (Phi) is 4.25. The Morgan fingerprint density at radius 3 is 2.83 bits per heavy atom. The molecule has 0 spiro atoms. The number of aromatic nitrogens is 1. The first-order chi connectivity index (χ1) is 8.46. The Morgan fingerprint density at radius 2 is 2.22 bits per heavy atom. The summed E-state index contributed by atoms with van der Waals surface area (Å²) in [5.41, 5.74) is 1.26. The fourth-order valence-electron chi connectivity index (χ4n) is 1.54. The second kappa shape index (κ2) is 5.55. The van der Waals surface area contributed by atoms with Crippen LogP contribution in [0.25, 0.3) is 10.8 Å². The molecule has 0 aliphatic heterocycles. The molecule has 0 amide bonds. The maximum absolute atomic E-state index is 5.41. The second-order valence-electron chi connectivity index (χ2n) is 5.17. The van der Waals surface area contributed by atoms with Gasteiger partial charge in [-0.3, -0.25) is 0 Å². The van der Waals surface area contributed by atoms with Crippen LogP contribution in [-0.4, -0.2) is 17.1 Å². The average molecular weight is 329 g/mol. The lowest BCUT2D eigenvalue weighted by atomic mass is 10.1. The van der Waals surface area contributed by atoms with Crippen LogP contribution in [0, 0.1) is 0 Å². The molecule has 0 aliphatic carbocycles. The van der Waals surface area contributed by atoms with E-state index in [9.17, 15) is 0 Å². The van der Waals surface area contributed by atoms with E-state index >= 15 is 0 Å². The lowest BCUT2D eigenvalue weighted by Gasteiger charge is -2.19. The molecule has 5 heteroatoms. The molecule has 0 fully saturated rings. The van der Waals surface area contributed by atoms with E-state index in [2.05, 4.69) is 52.4 Å². The molecule has 0 bridgehead atoms. The molecule has 2 aromatic heterocycles. The van der Waals surface area contributed by atoms with Crippen molar-refractivity contribution in [1.82, 2.24) is 10.3 Å². The number of nitrogens with one attached hydrogen (secondary N) is 1. The molecule has 2 heterocycles. The van der Waals surface area contributed by atoms with Crippen LogP contribution in [-0.2, 0) is 6.42 Å². The maximum atomic E-state index is 5.41. The van der Waals surface area contributed by atoms with Gasteiger partial charge in [-0.25, -0.2) is 4.98 Å². The fraction of sp³-hybridized carbons (Fsp3) is 0.462. The van der Waals surface area contributed by atoms with Gasteiger partial charge in [-0.15, -0.1) is 11.3 Å². The summed E-state index contributed by atoms with van der Waals surface area (Å²) in [5, 5.41) is 6.48. The van der Waals surface area contributed by atoms with Crippen LogP contribution in [0.2, 0.25) is 0 Å². The topological polar surface area (TPSA) is 38.1 Å². The molecule has 0 aliphatic rings. The predicted octanol–water partition coefficient (Wildman–Crippen LogP) is 4.10. The summed E-state index contributed by atoms with van der Waals surface area (Å²) in [6, 6.07) is 1.89. The Hall–Kier alpha value is -0.650. The minimum Gasteiger partial charge on any atom is -0.461 e. The standard InChI is InChI=1S/C13H17BrN2OS/c1-13(2,3)15-6-4-9-8-18-12(16-9)11-10(14)5-7-17-11/h5,7-8,15H,4,6H2,1-3H3. The highest BCUT2D eigenvalue weighted by Crippen LogP contribution is 2.31. The Bertz CT molecular complexity index is 513. The van der Waals surface area contributed by atoms with Crippen molar-refractivity contribution < 1.29 is 4.42 Å². The van der Waals surface area contributed by atoms with E-state index < -0.39 is 0 Å². The van der Waals surface area contributed by atoms with Crippen molar-refractivity contribution in [2.45, 2.75) is 32.7 Å². The monoisotopic (exact) mass is 328 g/mol. The molecule has 2 rings (SSSR count). The van der Waals surface area contributed by atoms with Crippen LogP contribution < -0.4 is 5.32 Å². The van der Waals surface area contributed by atoms with Gasteiger partial charge in [0.2, 0.25) is 0 Å². The largest absolute Gasteiger partial charge is 0.461 e. The van der Waals surface area contributed by atoms with Gasteiger partial charge in [0, 0.05) is 23.9 Å². The molecule has 0 aromatic carbocycles. The minimum atomic E-state index is 0.156. The molecule has 18 heavy (non-hydrogen) atoms. The van der Waals surface area contributed by atoms with E-state index in [1.54, 1.807) is 17.6 Å². The third-order valence-corrected chi connectivity index (χ3v) is 3.91. The summed E-state index contributed by atoms with van der Waals surface area (Å²) in [7, 11) is 0. The molecule has 1 N–H and O–H groups in total. The van der Waals surface area contributed by atoms with Gasteiger partial charge in [-0.05, 0) is 42.8 Å². The van der Waals surface area contributed by atoms with Crippen LogP contribution >= 0.6 is 27.3 Å². The molecule has 0 atom stereocenters. The highest BCUT2D eigenvalue weighted by molar-refractivity contribution is 9.10. The lowest BCUT2D eigenvalue weighted by Crippen LogP contribution is -2.37. The van der Waals surface area contributed by atoms with Crippen LogP contribution in [0.4, 0.5) is 0 Å². The quantitative estimate of drug-likeness (QED) is 0.918. The van der Waals surface area contributed by atoms with Crippen LogP contribution in [0.5, 0.6) is 0 Å². The normalized spacial score (nSPS) is 12.0. The Labute approximate surface area is 120 Å². The minimum absolute atomic E-state index is 0.156. The smallest absolute Gasteiger partial charge is 0.176 e. The molecule has 0 saturated heterocycles. The number of nitrogens with zero attached hydrogens (tertiary/aromatic N) is 1. The third kappa shape index (κ3) is 3.67. The molecular formula is C13H17BrN2OS. The first-order valence-electron chi connectivity index (χ1n) is 5.88. The van der Waals surface area contributed by atoms with Gasteiger partial charge in [0.25, 0.3) is 0 Å². The molecule has 98 valence electrons. The SMILES string of the molecule is CC(C)(C)NCCc1csc(-c2occc2Br)n1. The van der Waals surface area contributed by atoms with Crippen molar-refractivity contribution in [3.05, 3.63) is 27.9 Å². The summed E-state index contributed by atoms with van der Waals surface area (Å²) in [4.78, 5) is 4.59. The van der Waals surface area contributed by atoms with Gasteiger partial charge in [-0.1, -0.05) is 0 Å². The third-order valence-electron chi connectivity index (χ3n) is 2.40. The van der Waals surface area contributed by atoms with Crippen molar-refractivity contribution in [2.24, 2.45) is 0 Å². The van der Waals surface area contributed by atoms with Gasteiger partial charge >= 0.3 is 0 Å². The van der Waals surface area contributed by atoms with E-state index in [0.717, 1.165) is 33.9 Å². The Balaban J connectivity index is 1.97. The first kappa shape index (κ1) is 13.8. The van der Waals surface area contributed by atoms with Crippen molar-refractivity contribution >= 4 is 27.3 Å². The number of rotatable bonds is 4. The van der Waals surface area contributed by atoms with Gasteiger partial charge < -0.3 is 9.73 Å². The number of halogens is 1. The zero-order chi connectivity index (χ0) is 13.2. The summed E-state index contributed by atoms with van der Waals surface area (Å²) in [6.45, 7) is 7.43. The summed E-state index contributed by atoms with van der Waals surface area (Å²) in [5.74, 6) is 0.815. The van der Waals surface area contributed by atoms with Crippen molar-refractivity contribution in [3.8, 4) is 10.8 Å². The summed E-state index contributed by atoms with van der Waals surface area (Å²) in [6.07, 6.45) is 2.60. The molecule has 0 unspecified atom stereocenters. The summed E-state index contributed by atoms with van der Waals surface area (Å²) < 4.78 is 6.36. The van der Waals surface area contributed by atoms with Gasteiger partial charge in [0.15, 0.2) is 10.8 Å². The van der Waals surface area contributed by atoms with E-state index in [1.165, 1.54) is 0 Å². The van der Waals surface area contributed by atoms with Crippen molar-refractivity contribution in [1.29, 1.82) is 0 Å². The van der Waals surface area contributed by atoms with Crippen LogP contribution in [0.3, 0.4) is 0 Å². The lowest BCUT2D eigenvalue weighted by molar-refractivity contribution is 0.429. The fourth-order valence-corrected chi connectivity index (χ4v) is 2.91. The van der Waals surface area contributed by atoms with Gasteiger partial charge in [-0.2, -0.15) is 0 Å². The van der Waals surface area contributed by atoms with E-state index in [-0.39, 0.29) is 5.54 Å². The average Bonchev–Trinajstić information content (AvgIpc) is 2.84. The van der Waals surface area contributed by atoms with Crippen molar-refractivity contribution in [2.75, 3.05) is 6.54 Å². The zero-order valence-corrected chi connectivity index (χ0v) is 13.2. The molecular weight excluding hydrogens is 312 g/mol. The van der Waals surface area contributed by atoms with E-state index in [0.29, 0.717) is 0 Å². The Morgan fingerprint density at radius 1 is 1.44 bits per heavy atom. The first-order valence-corrected chi connectivity index (χ1v) is 7.56. The molecule has 2 aromatic rings. The highest BCUT2D eigenvalue weighted by atomic mass is 79.9.